The van der Waals surface area contributed by atoms with Gasteiger partial charge in [-0.15, -0.1) is 0 Å². The summed E-state index contributed by atoms with van der Waals surface area (Å²) in [5.74, 6) is -2.18. The summed E-state index contributed by atoms with van der Waals surface area (Å²) in [5, 5.41) is 18.8. The Bertz CT molecular complexity index is 475. The minimum Gasteiger partial charge on any atom is -0.507 e. The third-order valence-electron chi connectivity index (χ3n) is 2.26. The Morgan fingerprint density at radius 2 is 1.94 bits per heavy atom. The van der Waals surface area contributed by atoms with E-state index in [0.29, 0.717) is 0 Å². The van der Waals surface area contributed by atoms with Gasteiger partial charge in [-0.2, -0.15) is 13.2 Å². The van der Waals surface area contributed by atoms with Gasteiger partial charge in [0.25, 0.3) is 5.60 Å². The summed E-state index contributed by atoms with van der Waals surface area (Å²) in [7, 11) is 0.731. The van der Waals surface area contributed by atoms with Crippen LogP contribution in [0.3, 0.4) is 0 Å². The van der Waals surface area contributed by atoms with Gasteiger partial charge in [-0.3, -0.25) is 0 Å². The number of hydrogen-bond acceptors (Lipinski definition) is 4. The molecule has 0 heterocycles. The van der Waals surface area contributed by atoms with Gasteiger partial charge in [-0.25, -0.2) is 4.79 Å². The van der Waals surface area contributed by atoms with E-state index in [1.807, 2.05) is 0 Å². The molecule has 0 amide bonds. The standard InChI is InChI=1S/C10H8BrF3O4/c1-18-8(16)9(17,10(12,13)14)5-2-3-7(15)6(11)4-5/h2-4,15,17H,1H3/t9-/m1/s1. The molecular weight excluding hydrogens is 321 g/mol. The van der Waals surface area contributed by atoms with Crippen molar-refractivity contribution in [3.63, 3.8) is 0 Å². The van der Waals surface area contributed by atoms with E-state index in [9.17, 15) is 28.2 Å². The van der Waals surface area contributed by atoms with Crippen LogP contribution in [-0.2, 0) is 15.1 Å². The van der Waals surface area contributed by atoms with Crippen LogP contribution in [0, 0.1) is 0 Å². The maximum atomic E-state index is 12.8. The first-order valence-electron chi connectivity index (χ1n) is 4.51. The van der Waals surface area contributed by atoms with Gasteiger partial charge in [0.15, 0.2) is 0 Å². The minimum atomic E-state index is -5.25. The van der Waals surface area contributed by atoms with E-state index in [2.05, 4.69) is 20.7 Å². The van der Waals surface area contributed by atoms with Crippen LogP contribution in [-0.4, -0.2) is 29.5 Å². The lowest BCUT2D eigenvalue weighted by atomic mass is 9.93. The van der Waals surface area contributed by atoms with E-state index in [-0.39, 0.29) is 10.2 Å². The number of phenolic OH excluding ortho intramolecular Hbond substituents is 1. The van der Waals surface area contributed by atoms with Gasteiger partial charge in [-0.05, 0) is 28.1 Å². The van der Waals surface area contributed by atoms with E-state index in [1.54, 1.807) is 0 Å². The number of methoxy groups -OCH3 is 1. The van der Waals surface area contributed by atoms with Crippen LogP contribution in [0.15, 0.2) is 22.7 Å². The van der Waals surface area contributed by atoms with E-state index in [4.69, 9.17) is 0 Å². The number of benzene rings is 1. The highest BCUT2D eigenvalue weighted by molar-refractivity contribution is 9.10. The van der Waals surface area contributed by atoms with Gasteiger partial charge in [-0.1, -0.05) is 6.07 Å². The Morgan fingerprint density at radius 3 is 2.33 bits per heavy atom. The second kappa shape index (κ2) is 4.77. The van der Waals surface area contributed by atoms with Crippen LogP contribution in [0.4, 0.5) is 13.2 Å². The quantitative estimate of drug-likeness (QED) is 0.816. The first-order valence-corrected chi connectivity index (χ1v) is 5.30. The van der Waals surface area contributed by atoms with E-state index >= 15 is 0 Å². The Labute approximate surface area is 108 Å². The molecule has 0 radical (unpaired) electrons. The summed E-state index contributed by atoms with van der Waals surface area (Å²) >= 11 is 2.80. The van der Waals surface area contributed by atoms with Crippen molar-refractivity contribution in [3.8, 4) is 5.75 Å². The number of rotatable bonds is 2. The average molecular weight is 329 g/mol. The molecule has 0 fully saturated rings. The molecule has 4 nitrogen and oxygen atoms in total. The second-order valence-corrected chi connectivity index (χ2v) is 4.22. The molecule has 1 rings (SSSR count). The van der Waals surface area contributed by atoms with Crippen molar-refractivity contribution in [1.82, 2.24) is 0 Å². The molecule has 100 valence electrons. The van der Waals surface area contributed by atoms with E-state index in [0.717, 1.165) is 25.3 Å². The zero-order chi connectivity index (χ0) is 14.1. The summed E-state index contributed by atoms with van der Waals surface area (Å²) in [6, 6.07) is 2.49. The maximum absolute atomic E-state index is 12.8. The van der Waals surface area contributed by atoms with Crippen molar-refractivity contribution in [2.24, 2.45) is 0 Å². The molecule has 0 saturated carbocycles. The number of esters is 1. The largest absolute Gasteiger partial charge is 0.507 e. The lowest BCUT2D eigenvalue weighted by molar-refractivity contribution is -0.266. The Kier molecular flexibility index (Phi) is 3.92. The zero-order valence-corrected chi connectivity index (χ0v) is 10.5. The predicted molar refractivity (Wildman–Crippen MR) is 57.8 cm³/mol. The highest BCUT2D eigenvalue weighted by atomic mass is 79.9. The molecule has 1 atom stereocenters. The Balaban J connectivity index is 3.45. The van der Waals surface area contributed by atoms with Gasteiger partial charge < -0.3 is 14.9 Å². The summed E-state index contributed by atoms with van der Waals surface area (Å²) in [6.07, 6.45) is -5.25. The third kappa shape index (κ3) is 2.30. The number of carbonyl (C=O) groups is 1. The van der Waals surface area contributed by atoms with Crippen LogP contribution < -0.4 is 0 Å². The summed E-state index contributed by atoms with van der Waals surface area (Å²) < 4.78 is 42.4. The molecule has 0 saturated heterocycles. The number of phenols is 1. The highest BCUT2D eigenvalue weighted by Gasteiger charge is 2.62. The van der Waals surface area contributed by atoms with Crippen molar-refractivity contribution < 1.29 is 32.9 Å². The predicted octanol–water partition coefficient (Wildman–Crippen LogP) is 2.08. The molecule has 1 aromatic carbocycles. The first-order chi connectivity index (χ1) is 8.14. The number of ether oxygens (including phenoxy) is 1. The van der Waals surface area contributed by atoms with Gasteiger partial charge in [0.05, 0.1) is 11.6 Å². The van der Waals surface area contributed by atoms with Crippen molar-refractivity contribution in [2.75, 3.05) is 7.11 Å². The van der Waals surface area contributed by atoms with Crippen molar-refractivity contribution in [3.05, 3.63) is 28.2 Å². The molecule has 0 bridgehead atoms. The second-order valence-electron chi connectivity index (χ2n) is 3.37. The highest BCUT2D eigenvalue weighted by Crippen LogP contribution is 2.41. The van der Waals surface area contributed by atoms with Gasteiger partial charge >= 0.3 is 12.1 Å². The number of hydrogen-bond donors (Lipinski definition) is 2. The van der Waals surface area contributed by atoms with E-state index in [1.165, 1.54) is 0 Å². The third-order valence-corrected chi connectivity index (χ3v) is 2.89. The molecule has 0 unspecified atom stereocenters. The van der Waals surface area contributed by atoms with Crippen molar-refractivity contribution >= 4 is 21.9 Å². The molecular formula is C10H8BrF3O4. The SMILES string of the molecule is COC(=O)[C@](O)(c1ccc(O)c(Br)c1)C(F)(F)F. The Hall–Kier alpha value is -1.28. The molecule has 0 aliphatic carbocycles. The van der Waals surface area contributed by atoms with Crippen LogP contribution in [0.25, 0.3) is 0 Å². The van der Waals surface area contributed by atoms with Crippen LogP contribution >= 0.6 is 15.9 Å². The molecule has 18 heavy (non-hydrogen) atoms. The van der Waals surface area contributed by atoms with E-state index < -0.39 is 23.3 Å². The molecule has 0 aliphatic rings. The van der Waals surface area contributed by atoms with Crippen LogP contribution in [0.5, 0.6) is 5.75 Å². The monoisotopic (exact) mass is 328 g/mol. The van der Waals surface area contributed by atoms with Gasteiger partial charge in [0.1, 0.15) is 5.75 Å². The lowest BCUT2D eigenvalue weighted by Gasteiger charge is -2.28. The number of aromatic hydroxyl groups is 1. The topological polar surface area (TPSA) is 66.8 Å². The first kappa shape index (κ1) is 14.8. The number of aliphatic hydroxyl groups is 1. The molecule has 0 aromatic heterocycles. The van der Waals surface area contributed by atoms with Gasteiger partial charge in [0, 0.05) is 5.56 Å². The smallest absolute Gasteiger partial charge is 0.432 e. The van der Waals surface area contributed by atoms with Crippen LogP contribution in [0.2, 0.25) is 0 Å². The fourth-order valence-corrected chi connectivity index (χ4v) is 1.66. The average Bonchev–Trinajstić information content (AvgIpc) is 2.29. The van der Waals surface area contributed by atoms with Crippen molar-refractivity contribution in [1.29, 1.82) is 0 Å². The Morgan fingerprint density at radius 1 is 1.39 bits per heavy atom. The lowest BCUT2D eigenvalue weighted by Crippen LogP contribution is -2.49. The number of alkyl halides is 3. The fourth-order valence-electron chi connectivity index (χ4n) is 1.28. The number of halogens is 4. The zero-order valence-electron chi connectivity index (χ0n) is 8.95. The molecule has 2 N–H and O–H groups in total. The van der Waals surface area contributed by atoms with Crippen molar-refractivity contribution in [2.45, 2.75) is 11.8 Å². The molecule has 0 spiro atoms. The summed E-state index contributed by atoms with van der Waals surface area (Å²) in [4.78, 5) is 11.2. The normalized spacial score (nSPS) is 15.0. The molecule has 1 aromatic rings. The summed E-state index contributed by atoms with van der Waals surface area (Å²) in [6.45, 7) is 0. The molecule has 8 heteroatoms. The maximum Gasteiger partial charge on any atom is 0.432 e. The molecule has 0 aliphatic heterocycles. The fraction of sp³-hybridized carbons (Fsp3) is 0.300. The van der Waals surface area contributed by atoms with Gasteiger partial charge in [0.2, 0.25) is 0 Å². The summed E-state index contributed by atoms with van der Waals surface area (Å²) in [5.41, 5.74) is -4.54. The number of carbonyl (C=O) groups excluding carboxylic acids is 1. The minimum absolute atomic E-state index is 0.0911. The van der Waals surface area contributed by atoms with Crippen LogP contribution in [0.1, 0.15) is 5.56 Å².